The van der Waals surface area contributed by atoms with Crippen LogP contribution in [0, 0.1) is 0 Å². The van der Waals surface area contributed by atoms with Gasteiger partial charge in [-0.2, -0.15) is 0 Å². The first-order valence-electron chi connectivity index (χ1n) is 10.1. The first-order chi connectivity index (χ1) is 15.2. The van der Waals surface area contributed by atoms with Gasteiger partial charge >= 0.3 is 5.97 Å². The van der Waals surface area contributed by atoms with E-state index >= 15 is 0 Å². The number of methoxy groups -OCH3 is 1. The third-order valence-corrected chi connectivity index (χ3v) is 5.44. The number of hydrogen-bond donors (Lipinski definition) is 2. The van der Waals surface area contributed by atoms with Crippen molar-refractivity contribution in [2.45, 2.75) is 45.0 Å². The van der Waals surface area contributed by atoms with Crippen molar-refractivity contribution in [1.82, 2.24) is 0 Å². The number of rotatable bonds is 6. The fourth-order valence-corrected chi connectivity index (χ4v) is 3.63. The summed E-state index contributed by atoms with van der Waals surface area (Å²) in [6, 6.07) is 9.74. The number of carbonyl (C=O) groups is 1. The molecule has 8 nitrogen and oxygen atoms in total. The van der Waals surface area contributed by atoms with E-state index in [-0.39, 0.29) is 41.9 Å². The number of phenols is 1. The number of ether oxygens (including phenoxy) is 3. The number of fused-ring (bicyclic) bond motifs is 2. The number of aromatic hydroxyl groups is 1. The van der Waals surface area contributed by atoms with Crippen LogP contribution in [-0.4, -0.2) is 35.0 Å². The smallest absolute Gasteiger partial charge is 0.310 e. The Morgan fingerprint density at radius 1 is 1.22 bits per heavy atom. The highest BCUT2D eigenvalue weighted by atomic mass is 16.5. The van der Waals surface area contributed by atoms with Crippen molar-refractivity contribution in [3.8, 4) is 17.2 Å². The van der Waals surface area contributed by atoms with E-state index in [0.717, 1.165) is 5.56 Å². The summed E-state index contributed by atoms with van der Waals surface area (Å²) in [4.78, 5) is 24.8. The van der Waals surface area contributed by atoms with Crippen LogP contribution in [0.15, 0.2) is 45.6 Å². The summed E-state index contributed by atoms with van der Waals surface area (Å²) < 4.78 is 21.8. The Hall–Kier alpha value is -3.52. The zero-order valence-corrected chi connectivity index (χ0v) is 18.0. The number of hydrogen-bond acceptors (Lipinski definition) is 8. The molecule has 1 atom stereocenters. The van der Waals surface area contributed by atoms with Crippen LogP contribution >= 0.6 is 0 Å². The minimum Gasteiger partial charge on any atom is -0.507 e. The molecular weight excluding hydrogens is 416 g/mol. The van der Waals surface area contributed by atoms with Crippen molar-refractivity contribution < 1.29 is 33.6 Å². The summed E-state index contributed by atoms with van der Waals surface area (Å²) in [6.45, 7) is 3.00. The van der Waals surface area contributed by atoms with Gasteiger partial charge in [0.15, 0.2) is 5.43 Å². The molecule has 0 amide bonds. The van der Waals surface area contributed by atoms with Gasteiger partial charge in [0.2, 0.25) is 0 Å². The highest BCUT2D eigenvalue weighted by Gasteiger charge is 2.37. The lowest BCUT2D eigenvalue weighted by Gasteiger charge is -2.24. The highest BCUT2D eigenvalue weighted by Crippen LogP contribution is 2.42. The van der Waals surface area contributed by atoms with Gasteiger partial charge in [-0.05, 0) is 31.5 Å². The second kappa shape index (κ2) is 8.20. The molecule has 0 radical (unpaired) electrons. The normalized spacial score (nSPS) is 15.3. The minimum atomic E-state index is -1.13. The molecule has 1 aromatic heterocycles. The average Bonchev–Trinajstić information content (AvgIpc) is 3.18. The van der Waals surface area contributed by atoms with E-state index in [1.807, 2.05) is 0 Å². The Labute approximate surface area is 184 Å². The van der Waals surface area contributed by atoms with Gasteiger partial charge in [0, 0.05) is 24.1 Å². The van der Waals surface area contributed by atoms with E-state index in [1.54, 1.807) is 45.2 Å². The summed E-state index contributed by atoms with van der Waals surface area (Å²) in [5.74, 6) is 0.473. The molecule has 8 heteroatoms. The molecule has 0 bridgehead atoms. The molecule has 0 aliphatic carbocycles. The lowest BCUT2D eigenvalue weighted by atomic mass is 9.96. The van der Waals surface area contributed by atoms with E-state index in [4.69, 9.17) is 18.6 Å². The van der Waals surface area contributed by atoms with Gasteiger partial charge < -0.3 is 28.8 Å². The molecule has 2 aromatic carbocycles. The summed E-state index contributed by atoms with van der Waals surface area (Å²) in [5.41, 5.74) is -0.255. The maximum atomic E-state index is 12.6. The second-order valence-corrected chi connectivity index (χ2v) is 8.30. The molecule has 0 saturated heterocycles. The van der Waals surface area contributed by atoms with Crippen LogP contribution in [0.5, 0.6) is 17.2 Å². The third kappa shape index (κ3) is 4.27. The molecule has 0 fully saturated rings. The number of aliphatic hydroxyl groups is 1. The van der Waals surface area contributed by atoms with E-state index in [0.29, 0.717) is 17.1 Å². The molecule has 1 aliphatic heterocycles. The lowest BCUT2D eigenvalue weighted by molar-refractivity contribution is -0.144. The molecule has 0 spiro atoms. The number of esters is 1. The van der Waals surface area contributed by atoms with E-state index in [1.165, 1.54) is 12.1 Å². The molecule has 0 saturated carbocycles. The van der Waals surface area contributed by atoms with Crippen molar-refractivity contribution >= 4 is 16.9 Å². The van der Waals surface area contributed by atoms with E-state index < -0.39 is 23.1 Å². The number of carbonyl (C=O) groups excluding carboxylic acids is 1. The second-order valence-electron chi connectivity index (χ2n) is 8.30. The van der Waals surface area contributed by atoms with Crippen LogP contribution < -0.4 is 14.9 Å². The van der Waals surface area contributed by atoms with Crippen LogP contribution in [0.4, 0.5) is 0 Å². The zero-order valence-electron chi connectivity index (χ0n) is 18.0. The average molecular weight is 440 g/mol. The molecule has 4 rings (SSSR count). The molecule has 1 unspecified atom stereocenters. The number of benzene rings is 2. The van der Waals surface area contributed by atoms with Crippen LogP contribution in [0.1, 0.15) is 30.7 Å². The van der Waals surface area contributed by atoms with Gasteiger partial charge in [-0.1, -0.05) is 12.1 Å². The van der Waals surface area contributed by atoms with Crippen LogP contribution in [0.2, 0.25) is 0 Å². The van der Waals surface area contributed by atoms with Gasteiger partial charge in [-0.15, -0.1) is 0 Å². The Kier molecular flexibility index (Phi) is 5.56. The Morgan fingerprint density at radius 2 is 1.94 bits per heavy atom. The van der Waals surface area contributed by atoms with Crippen LogP contribution in [-0.2, 0) is 29.0 Å². The van der Waals surface area contributed by atoms with Crippen LogP contribution in [0.25, 0.3) is 11.0 Å². The van der Waals surface area contributed by atoms with Crippen molar-refractivity contribution in [2.75, 3.05) is 7.11 Å². The molecule has 2 heterocycles. The first kappa shape index (κ1) is 21.7. The zero-order chi connectivity index (χ0) is 23.0. The van der Waals surface area contributed by atoms with Crippen LogP contribution in [0.3, 0.4) is 0 Å². The molecule has 2 N–H and O–H groups in total. The van der Waals surface area contributed by atoms with Gasteiger partial charge in [-0.25, -0.2) is 0 Å². The maximum Gasteiger partial charge on any atom is 0.310 e. The Bertz CT molecular complexity index is 1220. The summed E-state index contributed by atoms with van der Waals surface area (Å²) >= 11 is 0. The van der Waals surface area contributed by atoms with Gasteiger partial charge in [-0.3, -0.25) is 9.59 Å². The fraction of sp³-hybridized carbons (Fsp3) is 0.333. The van der Waals surface area contributed by atoms with Crippen molar-refractivity contribution in [3.05, 3.63) is 63.5 Å². The Balaban J connectivity index is 1.51. The van der Waals surface area contributed by atoms with Gasteiger partial charge in [0.1, 0.15) is 46.7 Å². The topological polar surface area (TPSA) is 115 Å². The standard InChI is InChI=1S/C24H24O8/c1-24(2,28)20-10-16-18(32-20)11-19-22(23(16)27)17(25)9-15(31-19)12-30-21(26)8-13-4-6-14(29-3)7-5-13/h4-7,9,11,20,27-28H,8,10,12H2,1-3H3. The first-order valence-corrected chi connectivity index (χ1v) is 10.1. The fourth-order valence-electron chi connectivity index (χ4n) is 3.63. The van der Waals surface area contributed by atoms with Gasteiger partial charge in [0.05, 0.1) is 19.1 Å². The molecule has 3 aromatic rings. The largest absolute Gasteiger partial charge is 0.507 e. The highest BCUT2D eigenvalue weighted by molar-refractivity contribution is 5.87. The van der Waals surface area contributed by atoms with Gasteiger partial charge in [0.25, 0.3) is 0 Å². The molecule has 32 heavy (non-hydrogen) atoms. The molecular formula is C24H24O8. The minimum absolute atomic E-state index is 0.0251. The van der Waals surface area contributed by atoms with E-state index in [9.17, 15) is 19.8 Å². The molecule has 1 aliphatic rings. The Morgan fingerprint density at radius 3 is 2.59 bits per heavy atom. The monoisotopic (exact) mass is 440 g/mol. The summed E-state index contributed by atoms with van der Waals surface area (Å²) in [7, 11) is 1.56. The number of phenolic OH excluding ortho intramolecular Hbond substituents is 1. The molecule has 168 valence electrons. The van der Waals surface area contributed by atoms with Crippen molar-refractivity contribution in [1.29, 1.82) is 0 Å². The van der Waals surface area contributed by atoms with Crippen molar-refractivity contribution in [3.63, 3.8) is 0 Å². The lowest BCUT2D eigenvalue weighted by Crippen LogP contribution is -2.39. The van der Waals surface area contributed by atoms with E-state index in [2.05, 4.69) is 0 Å². The third-order valence-electron chi connectivity index (χ3n) is 5.44. The van der Waals surface area contributed by atoms with Crippen molar-refractivity contribution in [2.24, 2.45) is 0 Å². The quantitative estimate of drug-likeness (QED) is 0.562. The maximum absolute atomic E-state index is 12.6. The summed E-state index contributed by atoms with van der Waals surface area (Å²) in [6.07, 6.45) is -0.235. The predicted octanol–water partition coefficient (Wildman–Crippen LogP) is 2.87. The SMILES string of the molecule is COc1ccc(CC(=O)OCc2cc(=O)c3c(O)c4c(cc3o2)OC(C(C)(C)O)C4)cc1. The summed E-state index contributed by atoms with van der Waals surface area (Å²) in [5, 5.41) is 20.9. The predicted molar refractivity (Wildman–Crippen MR) is 115 cm³/mol.